The molecule has 30 heavy (non-hydrogen) atoms. The lowest BCUT2D eigenvalue weighted by molar-refractivity contribution is 0.401. The normalized spacial score (nSPS) is 11.4. The Morgan fingerprint density at radius 3 is 2.80 bits per heavy atom. The van der Waals surface area contributed by atoms with Gasteiger partial charge in [0.1, 0.15) is 11.5 Å². The van der Waals surface area contributed by atoms with Crippen molar-refractivity contribution in [1.82, 2.24) is 34.3 Å². The zero-order valence-electron chi connectivity index (χ0n) is 16.1. The molecule has 0 unspecified atom stereocenters. The monoisotopic (exact) mass is 405 g/mol. The van der Waals surface area contributed by atoms with Gasteiger partial charge in [0.05, 0.1) is 19.0 Å². The molecule has 0 amide bonds. The second-order valence-corrected chi connectivity index (χ2v) is 6.72. The molecule has 4 heterocycles. The maximum Gasteiger partial charge on any atom is 0.327 e. The van der Waals surface area contributed by atoms with E-state index in [9.17, 15) is 9.18 Å². The molecule has 0 saturated carbocycles. The highest BCUT2D eigenvalue weighted by Gasteiger charge is 2.21. The molecule has 0 atom stereocenters. The van der Waals surface area contributed by atoms with Crippen molar-refractivity contribution in [2.45, 2.75) is 6.54 Å². The topological polar surface area (TPSA) is 104 Å². The van der Waals surface area contributed by atoms with E-state index in [1.165, 1.54) is 17.7 Å². The molecule has 0 bridgehead atoms. The van der Waals surface area contributed by atoms with Gasteiger partial charge in [-0.3, -0.25) is 9.55 Å². The van der Waals surface area contributed by atoms with Gasteiger partial charge in [-0.05, 0) is 18.2 Å². The maximum atomic E-state index is 14.2. The molecule has 0 fully saturated rings. The third kappa shape index (κ3) is 2.72. The standard InChI is InChI=1S/C20H16FN7O2/c1-27-15-17(25-20(27)29)23-16(24-19(15)30-2)14-12-7-5-9-22-18(12)28(26-14)10-11-6-3-4-8-13(11)21/h3-9H,10H2,1-2H3,(H,23,24,25,29). The van der Waals surface area contributed by atoms with E-state index < -0.39 is 0 Å². The molecule has 0 aliphatic carbocycles. The molecule has 0 spiro atoms. The number of benzene rings is 1. The lowest BCUT2D eigenvalue weighted by Crippen LogP contribution is -2.12. The molecule has 10 heteroatoms. The van der Waals surface area contributed by atoms with Gasteiger partial charge in [0.15, 0.2) is 22.6 Å². The van der Waals surface area contributed by atoms with E-state index in [1.807, 2.05) is 6.07 Å². The number of methoxy groups -OCH3 is 1. The van der Waals surface area contributed by atoms with Crippen LogP contribution in [0.3, 0.4) is 0 Å². The number of aryl methyl sites for hydroxylation is 1. The number of nitrogens with one attached hydrogen (secondary N) is 1. The van der Waals surface area contributed by atoms with E-state index in [0.717, 1.165) is 0 Å². The van der Waals surface area contributed by atoms with Crippen molar-refractivity contribution in [3.05, 3.63) is 64.5 Å². The van der Waals surface area contributed by atoms with Gasteiger partial charge in [0, 0.05) is 18.8 Å². The largest absolute Gasteiger partial charge is 0.479 e. The minimum atomic E-state index is -0.327. The number of aromatic amines is 1. The molecule has 9 nitrogen and oxygen atoms in total. The Hall–Kier alpha value is -4.08. The first-order valence-electron chi connectivity index (χ1n) is 9.13. The van der Waals surface area contributed by atoms with E-state index in [1.54, 1.807) is 42.2 Å². The van der Waals surface area contributed by atoms with Gasteiger partial charge in [0.25, 0.3) is 0 Å². The molecule has 1 N–H and O–H groups in total. The van der Waals surface area contributed by atoms with Crippen molar-refractivity contribution in [1.29, 1.82) is 0 Å². The van der Waals surface area contributed by atoms with Gasteiger partial charge in [-0.1, -0.05) is 18.2 Å². The number of fused-ring (bicyclic) bond motifs is 2. The van der Waals surface area contributed by atoms with Crippen molar-refractivity contribution in [3.63, 3.8) is 0 Å². The summed E-state index contributed by atoms with van der Waals surface area (Å²) in [6.45, 7) is 0.196. The van der Waals surface area contributed by atoms with E-state index in [4.69, 9.17) is 4.74 Å². The third-order valence-corrected chi connectivity index (χ3v) is 4.91. The van der Waals surface area contributed by atoms with Crippen LogP contribution in [0, 0.1) is 5.82 Å². The Labute approximate surface area is 168 Å². The quantitative estimate of drug-likeness (QED) is 0.492. The number of nitrogens with zero attached hydrogens (tertiary/aromatic N) is 6. The highest BCUT2D eigenvalue weighted by atomic mass is 19.1. The van der Waals surface area contributed by atoms with Crippen LogP contribution < -0.4 is 10.4 Å². The van der Waals surface area contributed by atoms with Gasteiger partial charge < -0.3 is 4.74 Å². The Kier molecular flexibility index (Phi) is 4.05. The highest BCUT2D eigenvalue weighted by Crippen LogP contribution is 2.29. The second kappa shape index (κ2) is 6.76. The van der Waals surface area contributed by atoms with Crippen LogP contribution in [0.15, 0.2) is 47.4 Å². The first-order chi connectivity index (χ1) is 14.6. The van der Waals surface area contributed by atoms with Gasteiger partial charge >= 0.3 is 5.69 Å². The van der Waals surface area contributed by atoms with Crippen molar-refractivity contribution in [3.8, 4) is 17.4 Å². The van der Waals surface area contributed by atoms with Crippen LogP contribution in [0.5, 0.6) is 5.88 Å². The molecule has 0 aliphatic rings. The number of imidazole rings is 1. The van der Waals surface area contributed by atoms with Crippen molar-refractivity contribution < 1.29 is 9.13 Å². The smallest absolute Gasteiger partial charge is 0.327 e. The highest BCUT2D eigenvalue weighted by molar-refractivity contribution is 5.90. The number of H-pyrrole nitrogens is 1. The lowest BCUT2D eigenvalue weighted by atomic mass is 10.2. The van der Waals surface area contributed by atoms with Gasteiger partial charge in [0.2, 0.25) is 5.88 Å². The molecule has 1 aromatic carbocycles. The van der Waals surface area contributed by atoms with E-state index >= 15 is 0 Å². The summed E-state index contributed by atoms with van der Waals surface area (Å²) >= 11 is 0. The molecule has 0 radical (unpaired) electrons. The molecule has 5 aromatic rings. The fraction of sp³-hybridized carbons (Fsp3) is 0.150. The van der Waals surface area contributed by atoms with Crippen molar-refractivity contribution in [2.24, 2.45) is 7.05 Å². The third-order valence-electron chi connectivity index (χ3n) is 4.91. The summed E-state index contributed by atoms with van der Waals surface area (Å²) < 4.78 is 22.6. The Morgan fingerprint density at radius 2 is 2.00 bits per heavy atom. The molecule has 4 aromatic heterocycles. The number of aromatic nitrogens is 7. The predicted octanol–water partition coefficient (Wildman–Crippen LogP) is 2.26. The second-order valence-electron chi connectivity index (χ2n) is 6.72. The minimum Gasteiger partial charge on any atom is -0.479 e. The first kappa shape index (κ1) is 18.0. The summed E-state index contributed by atoms with van der Waals surface area (Å²) in [5, 5.41) is 5.32. The zero-order valence-corrected chi connectivity index (χ0v) is 16.1. The van der Waals surface area contributed by atoms with Gasteiger partial charge in [-0.25, -0.2) is 23.8 Å². The summed E-state index contributed by atoms with van der Waals surface area (Å²) in [7, 11) is 3.08. The Bertz CT molecular complexity index is 1470. The van der Waals surface area contributed by atoms with Crippen molar-refractivity contribution in [2.75, 3.05) is 7.11 Å². The van der Waals surface area contributed by atoms with Crippen LogP contribution in [0.2, 0.25) is 0 Å². The average molecular weight is 405 g/mol. The number of hydrogen-bond acceptors (Lipinski definition) is 6. The minimum absolute atomic E-state index is 0.196. The van der Waals surface area contributed by atoms with Gasteiger partial charge in [-0.15, -0.1) is 0 Å². The number of rotatable bonds is 4. The van der Waals surface area contributed by atoms with Crippen LogP contribution in [0.25, 0.3) is 33.7 Å². The predicted molar refractivity (Wildman–Crippen MR) is 108 cm³/mol. The van der Waals surface area contributed by atoms with Crippen LogP contribution >= 0.6 is 0 Å². The van der Waals surface area contributed by atoms with Crippen LogP contribution in [-0.2, 0) is 13.6 Å². The SMILES string of the molecule is COc1nc(-c2nn(Cc3ccccc3F)c3ncccc23)nc2[nH]c(=O)n(C)c12. The first-order valence-corrected chi connectivity index (χ1v) is 9.13. The maximum absolute atomic E-state index is 14.2. The summed E-state index contributed by atoms with van der Waals surface area (Å²) in [6.07, 6.45) is 1.64. The van der Waals surface area contributed by atoms with E-state index in [2.05, 4.69) is 25.0 Å². The van der Waals surface area contributed by atoms with Crippen LogP contribution in [-0.4, -0.2) is 41.4 Å². The molecule has 5 rings (SSSR count). The zero-order chi connectivity index (χ0) is 20.8. The molecule has 0 saturated heterocycles. The summed E-state index contributed by atoms with van der Waals surface area (Å²) in [5.41, 5.74) is 1.98. The van der Waals surface area contributed by atoms with E-state index in [0.29, 0.717) is 33.5 Å². The Morgan fingerprint density at radius 1 is 1.17 bits per heavy atom. The van der Waals surface area contributed by atoms with Crippen LogP contribution in [0.4, 0.5) is 4.39 Å². The molecular weight excluding hydrogens is 389 g/mol. The number of ether oxygens (including phenoxy) is 1. The summed E-state index contributed by atoms with van der Waals surface area (Å²) in [4.78, 5) is 28.1. The Balaban J connectivity index is 1.72. The van der Waals surface area contributed by atoms with E-state index in [-0.39, 0.29) is 29.8 Å². The average Bonchev–Trinajstić information content (AvgIpc) is 3.26. The van der Waals surface area contributed by atoms with Crippen molar-refractivity contribution >= 4 is 22.2 Å². The molecule has 150 valence electrons. The molecule has 0 aliphatic heterocycles. The fourth-order valence-corrected chi connectivity index (χ4v) is 3.43. The summed E-state index contributed by atoms with van der Waals surface area (Å²) in [6, 6.07) is 10.1. The summed E-state index contributed by atoms with van der Waals surface area (Å²) in [5.74, 6) is 0.197. The number of pyridine rings is 1. The lowest BCUT2D eigenvalue weighted by Gasteiger charge is -2.05. The number of halogens is 1. The van der Waals surface area contributed by atoms with Gasteiger partial charge in [-0.2, -0.15) is 10.1 Å². The van der Waals surface area contributed by atoms with Crippen LogP contribution in [0.1, 0.15) is 5.56 Å². The molecular formula is C20H16FN7O2. The fourth-order valence-electron chi connectivity index (χ4n) is 3.43. The number of hydrogen-bond donors (Lipinski definition) is 1.